The van der Waals surface area contributed by atoms with Gasteiger partial charge in [0.2, 0.25) is 5.91 Å². The summed E-state index contributed by atoms with van der Waals surface area (Å²) >= 11 is 0. The van der Waals surface area contributed by atoms with E-state index < -0.39 is 35.6 Å². The first kappa shape index (κ1) is 20.4. The number of alkyl halides is 3. The Labute approximate surface area is 150 Å². The Morgan fingerprint density at radius 2 is 1.78 bits per heavy atom. The van der Waals surface area contributed by atoms with Gasteiger partial charge in [-0.15, -0.1) is 0 Å². The lowest BCUT2D eigenvalue weighted by Gasteiger charge is -2.25. The summed E-state index contributed by atoms with van der Waals surface area (Å²) in [5, 5.41) is 13.7. The van der Waals surface area contributed by atoms with Crippen molar-refractivity contribution in [3.8, 4) is 0 Å². The number of aliphatic hydroxyl groups is 1. The van der Waals surface area contributed by atoms with Crippen LogP contribution < -0.4 is 16.4 Å². The minimum Gasteiger partial charge on any atom is -0.380 e. The van der Waals surface area contributed by atoms with Crippen molar-refractivity contribution in [3.63, 3.8) is 0 Å². The molecular formula is C16H17F3N4O4. The largest absolute Gasteiger partial charge is 0.417 e. The predicted molar refractivity (Wildman–Crippen MR) is 88.6 cm³/mol. The van der Waals surface area contributed by atoms with Gasteiger partial charge in [0, 0.05) is 11.9 Å². The highest BCUT2D eigenvalue weighted by Crippen LogP contribution is 2.32. The van der Waals surface area contributed by atoms with Crippen LogP contribution in [-0.4, -0.2) is 38.5 Å². The van der Waals surface area contributed by atoms with Crippen LogP contribution in [0.3, 0.4) is 0 Å². The summed E-state index contributed by atoms with van der Waals surface area (Å²) in [7, 11) is 0. The Morgan fingerprint density at radius 3 is 2.33 bits per heavy atom. The van der Waals surface area contributed by atoms with Gasteiger partial charge in [0.15, 0.2) is 11.3 Å². The van der Waals surface area contributed by atoms with Gasteiger partial charge in [0.1, 0.15) is 0 Å². The van der Waals surface area contributed by atoms with E-state index in [0.717, 1.165) is 4.68 Å². The molecule has 0 unspecified atom stereocenters. The SMILES string of the molecule is CCn1nc(C(=O)NNC(=O)C[C@@](C)(O)C(F)(F)F)c2ccccc2c1=O. The summed E-state index contributed by atoms with van der Waals surface area (Å²) in [6.45, 7) is 2.28. The molecule has 1 aromatic carbocycles. The number of carbonyl (C=O) groups is 2. The van der Waals surface area contributed by atoms with E-state index in [2.05, 4.69) is 5.10 Å². The van der Waals surface area contributed by atoms with Gasteiger partial charge in [-0.1, -0.05) is 18.2 Å². The fraction of sp³-hybridized carbons (Fsp3) is 0.375. The molecule has 0 radical (unpaired) electrons. The highest BCUT2D eigenvalue weighted by molar-refractivity contribution is 6.05. The zero-order valence-corrected chi connectivity index (χ0v) is 14.4. The number of benzene rings is 1. The van der Waals surface area contributed by atoms with Gasteiger partial charge in [-0.3, -0.25) is 25.2 Å². The number of fused-ring (bicyclic) bond motifs is 1. The number of rotatable bonds is 4. The third kappa shape index (κ3) is 4.25. The summed E-state index contributed by atoms with van der Waals surface area (Å²) in [5.74, 6) is -2.17. The first-order valence-electron chi connectivity index (χ1n) is 7.86. The second kappa shape index (κ2) is 7.35. The van der Waals surface area contributed by atoms with Crippen molar-refractivity contribution < 1.29 is 27.9 Å². The Balaban J connectivity index is 2.21. The molecule has 3 N–H and O–H groups in total. The first-order chi connectivity index (χ1) is 12.5. The minimum atomic E-state index is -5.01. The molecule has 146 valence electrons. The summed E-state index contributed by atoms with van der Waals surface area (Å²) in [6.07, 6.45) is -6.32. The van der Waals surface area contributed by atoms with Crippen LogP contribution in [0.5, 0.6) is 0 Å². The number of carbonyl (C=O) groups excluding carboxylic acids is 2. The second-order valence-electron chi connectivity index (χ2n) is 5.97. The molecule has 2 aromatic rings. The number of hydrogen-bond donors (Lipinski definition) is 3. The maximum atomic E-state index is 12.6. The maximum Gasteiger partial charge on any atom is 0.417 e. The van der Waals surface area contributed by atoms with Crippen LogP contribution >= 0.6 is 0 Å². The molecule has 0 spiro atoms. The van der Waals surface area contributed by atoms with E-state index in [9.17, 15) is 32.7 Å². The zero-order chi connectivity index (χ0) is 20.4. The number of nitrogens with one attached hydrogen (secondary N) is 2. The average Bonchev–Trinajstić information content (AvgIpc) is 2.59. The highest BCUT2D eigenvalue weighted by Gasteiger charge is 2.51. The van der Waals surface area contributed by atoms with Crippen LogP contribution in [0.1, 0.15) is 30.8 Å². The van der Waals surface area contributed by atoms with Gasteiger partial charge in [0.25, 0.3) is 11.5 Å². The molecule has 0 aliphatic heterocycles. The summed E-state index contributed by atoms with van der Waals surface area (Å²) in [5.41, 5.74) is -0.0996. The summed E-state index contributed by atoms with van der Waals surface area (Å²) in [6, 6.07) is 6.17. The lowest BCUT2D eigenvalue weighted by Crippen LogP contribution is -2.49. The molecule has 0 fully saturated rings. The van der Waals surface area contributed by atoms with Crippen molar-refractivity contribution in [2.75, 3.05) is 0 Å². The number of halogens is 3. The van der Waals surface area contributed by atoms with Gasteiger partial charge in [-0.2, -0.15) is 18.3 Å². The lowest BCUT2D eigenvalue weighted by molar-refractivity contribution is -0.253. The Morgan fingerprint density at radius 1 is 1.19 bits per heavy atom. The molecule has 1 heterocycles. The van der Waals surface area contributed by atoms with Gasteiger partial charge < -0.3 is 5.11 Å². The molecule has 0 saturated carbocycles. The van der Waals surface area contributed by atoms with E-state index in [1.807, 2.05) is 5.43 Å². The molecule has 8 nitrogen and oxygen atoms in total. The van der Waals surface area contributed by atoms with Crippen molar-refractivity contribution in [3.05, 3.63) is 40.3 Å². The molecule has 0 aliphatic carbocycles. The quantitative estimate of drug-likeness (QED) is 0.675. The molecule has 11 heteroatoms. The van der Waals surface area contributed by atoms with Gasteiger partial charge in [0.05, 0.1) is 11.8 Å². The average molecular weight is 386 g/mol. The van der Waals surface area contributed by atoms with Crippen LogP contribution in [0, 0.1) is 0 Å². The van der Waals surface area contributed by atoms with Crippen molar-refractivity contribution in [2.24, 2.45) is 0 Å². The molecular weight excluding hydrogens is 369 g/mol. The van der Waals surface area contributed by atoms with Crippen LogP contribution in [0.2, 0.25) is 0 Å². The third-order valence-corrected chi connectivity index (χ3v) is 3.81. The fourth-order valence-corrected chi connectivity index (χ4v) is 2.26. The minimum absolute atomic E-state index is 0.185. The lowest BCUT2D eigenvalue weighted by atomic mass is 10.0. The smallest absolute Gasteiger partial charge is 0.380 e. The molecule has 2 rings (SSSR count). The number of hydrogen-bond acceptors (Lipinski definition) is 5. The second-order valence-corrected chi connectivity index (χ2v) is 5.97. The predicted octanol–water partition coefficient (Wildman–Crippen LogP) is 0.881. The number of hydrazine groups is 1. The van der Waals surface area contributed by atoms with Crippen LogP contribution in [0.25, 0.3) is 10.8 Å². The molecule has 27 heavy (non-hydrogen) atoms. The topological polar surface area (TPSA) is 113 Å². The van der Waals surface area contributed by atoms with Crippen molar-refractivity contribution in [1.82, 2.24) is 20.6 Å². The normalized spacial score (nSPS) is 13.9. The molecule has 1 atom stereocenters. The van der Waals surface area contributed by atoms with Crippen LogP contribution in [0.4, 0.5) is 13.2 Å². The van der Waals surface area contributed by atoms with E-state index in [1.54, 1.807) is 24.5 Å². The maximum absolute atomic E-state index is 12.6. The van der Waals surface area contributed by atoms with Gasteiger partial charge in [-0.25, -0.2) is 4.68 Å². The van der Waals surface area contributed by atoms with Crippen LogP contribution in [-0.2, 0) is 11.3 Å². The van der Waals surface area contributed by atoms with E-state index in [0.29, 0.717) is 6.92 Å². The summed E-state index contributed by atoms with van der Waals surface area (Å²) in [4.78, 5) is 36.2. The Hall–Kier alpha value is -2.95. The van der Waals surface area contributed by atoms with Crippen molar-refractivity contribution in [1.29, 1.82) is 0 Å². The molecule has 1 aromatic heterocycles. The molecule has 2 amide bonds. The van der Waals surface area contributed by atoms with Gasteiger partial charge >= 0.3 is 6.18 Å². The fourth-order valence-electron chi connectivity index (χ4n) is 2.26. The van der Waals surface area contributed by atoms with Gasteiger partial charge in [-0.05, 0) is 19.9 Å². The standard InChI is InChI=1S/C16H17F3N4O4/c1-3-23-14(26)10-7-5-4-6-9(10)12(22-23)13(25)21-20-11(24)8-15(2,27)16(17,18)19/h4-7,27H,3,8H2,1-2H3,(H,20,24)(H,21,25)/t15-/m1/s1. The highest BCUT2D eigenvalue weighted by atomic mass is 19.4. The van der Waals surface area contributed by atoms with Crippen LogP contribution in [0.15, 0.2) is 29.1 Å². The number of aryl methyl sites for hydroxylation is 1. The molecule has 0 aliphatic rings. The van der Waals surface area contributed by atoms with Crippen molar-refractivity contribution in [2.45, 2.75) is 38.6 Å². The Bertz CT molecular complexity index is 937. The number of nitrogens with zero attached hydrogens (tertiary/aromatic N) is 2. The first-order valence-corrected chi connectivity index (χ1v) is 7.86. The van der Waals surface area contributed by atoms with E-state index in [-0.39, 0.29) is 23.0 Å². The monoisotopic (exact) mass is 386 g/mol. The summed E-state index contributed by atoms with van der Waals surface area (Å²) < 4.78 is 38.8. The molecule has 0 bridgehead atoms. The van der Waals surface area contributed by atoms with Crippen molar-refractivity contribution >= 4 is 22.6 Å². The number of amides is 2. The zero-order valence-electron chi connectivity index (χ0n) is 14.4. The Kier molecular flexibility index (Phi) is 5.54. The number of aromatic nitrogens is 2. The van der Waals surface area contributed by atoms with E-state index >= 15 is 0 Å². The van der Waals surface area contributed by atoms with E-state index in [4.69, 9.17) is 0 Å². The molecule has 0 saturated heterocycles. The van der Waals surface area contributed by atoms with E-state index in [1.165, 1.54) is 12.1 Å². The third-order valence-electron chi connectivity index (χ3n) is 3.81.